The summed E-state index contributed by atoms with van der Waals surface area (Å²) in [6.45, 7) is 6.80. The fourth-order valence-corrected chi connectivity index (χ4v) is 5.33. The number of nitrogens with one attached hydrogen (secondary N) is 1. The second kappa shape index (κ2) is 6.54. The lowest BCUT2D eigenvalue weighted by molar-refractivity contribution is 0.0629. The minimum absolute atomic E-state index is 0.231. The van der Waals surface area contributed by atoms with E-state index < -0.39 is 0 Å². The number of hydrogen-bond acceptors (Lipinski definition) is 4. The average molecular weight is 334 g/mol. The van der Waals surface area contributed by atoms with Gasteiger partial charge in [-0.25, -0.2) is 0 Å². The van der Waals surface area contributed by atoms with Gasteiger partial charge in [0.15, 0.2) is 0 Å². The summed E-state index contributed by atoms with van der Waals surface area (Å²) >= 11 is 1.56. The monoisotopic (exact) mass is 333 g/mol. The van der Waals surface area contributed by atoms with Crippen LogP contribution in [0.1, 0.15) is 41.8 Å². The summed E-state index contributed by atoms with van der Waals surface area (Å²) < 4.78 is 0. The lowest BCUT2D eigenvalue weighted by atomic mass is 9.78. The van der Waals surface area contributed by atoms with E-state index in [1.807, 2.05) is 17.5 Å². The van der Waals surface area contributed by atoms with Crippen molar-refractivity contribution in [3.63, 3.8) is 0 Å². The van der Waals surface area contributed by atoms with Crippen molar-refractivity contribution in [3.05, 3.63) is 22.4 Å². The van der Waals surface area contributed by atoms with Crippen LogP contribution < -0.4 is 5.32 Å². The zero-order valence-corrected chi connectivity index (χ0v) is 14.6. The first-order valence-corrected chi connectivity index (χ1v) is 9.91. The van der Waals surface area contributed by atoms with Gasteiger partial charge >= 0.3 is 0 Å². The molecule has 0 saturated carbocycles. The number of hydrogen-bond donors (Lipinski definition) is 1. The molecule has 0 atom stereocenters. The zero-order valence-electron chi connectivity index (χ0n) is 13.8. The van der Waals surface area contributed by atoms with Crippen LogP contribution in [0.3, 0.4) is 0 Å². The Morgan fingerprint density at radius 1 is 1.17 bits per heavy atom. The average Bonchev–Trinajstić information content (AvgIpc) is 3.26. The molecule has 3 fully saturated rings. The SMILES string of the molecule is O=C(c1cccs1)N1CCC(N2CCC3(CCNCC3)C2)CC1. The van der Waals surface area contributed by atoms with E-state index in [1.165, 1.54) is 45.4 Å². The summed E-state index contributed by atoms with van der Waals surface area (Å²) in [7, 11) is 0. The highest BCUT2D eigenvalue weighted by atomic mass is 32.1. The quantitative estimate of drug-likeness (QED) is 0.903. The Kier molecular flexibility index (Phi) is 4.43. The molecule has 0 bridgehead atoms. The second-order valence-corrected chi connectivity index (χ2v) is 8.42. The molecule has 3 saturated heterocycles. The van der Waals surface area contributed by atoms with Gasteiger partial charge in [-0.1, -0.05) is 6.07 Å². The van der Waals surface area contributed by atoms with E-state index in [1.54, 1.807) is 11.3 Å². The van der Waals surface area contributed by atoms with Gasteiger partial charge in [-0.2, -0.15) is 0 Å². The maximum atomic E-state index is 12.4. The third-order valence-corrected chi connectivity index (χ3v) is 6.99. The summed E-state index contributed by atoms with van der Waals surface area (Å²) in [6, 6.07) is 4.60. The van der Waals surface area contributed by atoms with E-state index >= 15 is 0 Å². The van der Waals surface area contributed by atoms with Gasteiger partial charge in [0.05, 0.1) is 4.88 Å². The largest absolute Gasteiger partial charge is 0.338 e. The normalized spacial score (nSPS) is 26.0. The first-order valence-electron chi connectivity index (χ1n) is 9.03. The van der Waals surface area contributed by atoms with E-state index in [0.29, 0.717) is 11.5 Å². The van der Waals surface area contributed by atoms with Gasteiger partial charge in [0, 0.05) is 25.7 Å². The molecule has 1 amide bonds. The topological polar surface area (TPSA) is 35.6 Å². The predicted molar refractivity (Wildman–Crippen MR) is 94.0 cm³/mol. The van der Waals surface area contributed by atoms with Crippen molar-refractivity contribution in [3.8, 4) is 0 Å². The number of rotatable bonds is 2. The molecule has 3 aliphatic heterocycles. The van der Waals surface area contributed by atoms with Crippen molar-refractivity contribution in [2.45, 2.75) is 38.1 Å². The first kappa shape index (κ1) is 15.6. The molecule has 5 heteroatoms. The Bertz CT molecular complexity index is 530. The van der Waals surface area contributed by atoms with Crippen LogP contribution in [0, 0.1) is 5.41 Å². The molecular formula is C18H27N3OS. The van der Waals surface area contributed by atoms with Crippen LogP contribution in [0.15, 0.2) is 17.5 Å². The molecule has 1 aromatic heterocycles. The van der Waals surface area contributed by atoms with Crippen LogP contribution in [-0.2, 0) is 0 Å². The highest BCUT2D eigenvalue weighted by molar-refractivity contribution is 7.12. The molecule has 23 heavy (non-hydrogen) atoms. The molecule has 126 valence electrons. The molecule has 0 unspecified atom stereocenters. The third-order valence-electron chi connectivity index (χ3n) is 6.13. The van der Waals surface area contributed by atoms with Crippen LogP contribution in [0.2, 0.25) is 0 Å². The van der Waals surface area contributed by atoms with Gasteiger partial charge in [0.2, 0.25) is 0 Å². The highest BCUT2D eigenvalue weighted by Crippen LogP contribution is 2.40. The molecule has 4 rings (SSSR count). The van der Waals surface area contributed by atoms with Gasteiger partial charge in [-0.15, -0.1) is 11.3 Å². The number of nitrogens with zero attached hydrogens (tertiary/aromatic N) is 2. The number of thiophene rings is 1. The third kappa shape index (κ3) is 3.19. The standard InChI is InChI=1S/C18H27N3OS/c22-17(16-2-1-13-23-16)20-10-3-15(4-11-20)21-12-7-18(14-21)5-8-19-9-6-18/h1-2,13,15,19H,3-12,14H2. The van der Waals surface area contributed by atoms with Crippen molar-refractivity contribution in [2.75, 3.05) is 39.3 Å². The molecular weight excluding hydrogens is 306 g/mol. The van der Waals surface area contributed by atoms with Gasteiger partial charge < -0.3 is 10.2 Å². The van der Waals surface area contributed by atoms with Crippen LogP contribution in [0.4, 0.5) is 0 Å². The second-order valence-electron chi connectivity index (χ2n) is 7.47. The van der Waals surface area contributed by atoms with E-state index in [0.717, 1.165) is 30.8 Å². The van der Waals surface area contributed by atoms with E-state index in [9.17, 15) is 4.79 Å². The molecule has 1 spiro atoms. The Labute approximate surface area is 142 Å². The first-order chi connectivity index (χ1) is 11.3. The summed E-state index contributed by atoms with van der Waals surface area (Å²) in [5.74, 6) is 0.231. The Morgan fingerprint density at radius 3 is 2.65 bits per heavy atom. The molecule has 1 N–H and O–H groups in total. The van der Waals surface area contributed by atoms with Crippen molar-refractivity contribution in [1.82, 2.24) is 15.1 Å². The molecule has 4 heterocycles. The molecule has 0 aliphatic carbocycles. The fraction of sp³-hybridized carbons (Fsp3) is 0.722. The van der Waals surface area contributed by atoms with E-state index in [-0.39, 0.29) is 5.91 Å². The summed E-state index contributed by atoms with van der Waals surface area (Å²) in [6.07, 6.45) is 6.36. The number of carbonyl (C=O) groups excluding carboxylic acids is 1. The Balaban J connectivity index is 1.31. The number of likely N-dealkylation sites (tertiary alicyclic amines) is 2. The minimum Gasteiger partial charge on any atom is -0.338 e. The molecule has 0 radical (unpaired) electrons. The molecule has 3 aliphatic rings. The number of carbonyl (C=O) groups is 1. The van der Waals surface area contributed by atoms with Crippen molar-refractivity contribution >= 4 is 17.2 Å². The lowest BCUT2D eigenvalue weighted by Gasteiger charge is -2.39. The maximum absolute atomic E-state index is 12.4. The smallest absolute Gasteiger partial charge is 0.263 e. The van der Waals surface area contributed by atoms with Crippen molar-refractivity contribution in [1.29, 1.82) is 0 Å². The number of amides is 1. The highest BCUT2D eigenvalue weighted by Gasteiger charge is 2.41. The lowest BCUT2D eigenvalue weighted by Crippen LogP contribution is -2.47. The van der Waals surface area contributed by atoms with Gasteiger partial charge in [-0.05, 0) is 68.6 Å². The summed E-state index contributed by atoms with van der Waals surface area (Å²) in [5, 5.41) is 5.49. The van der Waals surface area contributed by atoms with Crippen molar-refractivity contribution < 1.29 is 4.79 Å². The van der Waals surface area contributed by atoms with Crippen molar-refractivity contribution in [2.24, 2.45) is 5.41 Å². The van der Waals surface area contributed by atoms with E-state index in [4.69, 9.17) is 0 Å². The summed E-state index contributed by atoms with van der Waals surface area (Å²) in [5.41, 5.74) is 0.592. The number of piperidine rings is 2. The van der Waals surface area contributed by atoms with Crippen LogP contribution >= 0.6 is 11.3 Å². The predicted octanol–water partition coefficient (Wildman–Crippen LogP) is 2.43. The zero-order chi connectivity index (χ0) is 15.7. The minimum atomic E-state index is 0.231. The van der Waals surface area contributed by atoms with Crippen LogP contribution in [-0.4, -0.2) is 61.0 Å². The van der Waals surface area contributed by atoms with Crippen LogP contribution in [0.5, 0.6) is 0 Å². The summed E-state index contributed by atoms with van der Waals surface area (Å²) in [4.78, 5) is 18.1. The Morgan fingerprint density at radius 2 is 1.96 bits per heavy atom. The van der Waals surface area contributed by atoms with Gasteiger partial charge in [0.25, 0.3) is 5.91 Å². The van der Waals surface area contributed by atoms with Crippen LogP contribution in [0.25, 0.3) is 0 Å². The van der Waals surface area contributed by atoms with Gasteiger partial charge in [0.1, 0.15) is 0 Å². The maximum Gasteiger partial charge on any atom is 0.263 e. The Hall–Kier alpha value is -0.910. The molecule has 0 aromatic carbocycles. The van der Waals surface area contributed by atoms with E-state index in [2.05, 4.69) is 15.1 Å². The molecule has 4 nitrogen and oxygen atoms in total. The fourth-order valence-electron chi connectivity index (χ4n) is 4.64. The molecule has 1 aromatic rings. The van der Waals surface area contributed by atoms with Gasteiger partial charge in [-0.3, -0.25) is 9.69 Å².